The zero-order chi connectivity index (χ0) is 10.8. The van der Waals surface area contributed by atoms with Gasteiger partial charge in [-0.15, -0.1) is 0 Å². The molecule has 4 heteroatoms. The summed E-state index contributed by atoms with van der Waals surface area (Å²) in [6, 6.07) is 0. The average Bonchev–Trinajstić information content (AvgIpc) is 2.21. The Kier molecular flexibility index (Phi) is 9.19. The van der Waals surface area contributed by atoms with Gasteiger partial charge in [-0.2, -0.15) is 12.6 Å². The van der Waals surface area contributed by atoms with Crippen molar-refractivity contribution in [3.63, 3.8) is 0 Å². The molecule has 0 aromatic heterocycles. The van der Waals surface area contributed by atoms with E-state index < -0.39 is 0 Å². The van der Waals surface area contributed by atoms with Crippen molar-refractivity contribution in [2.24, 2.45) is 0 Å². The molecule has 0 aliphatic carbocycles. The molecule has 0 heterocycles. The maximum atomic E-state index is 11.1. The number of rotatable bonds is 8. The predicted octanol–water partition coefficient (Wildman–Crippen LogP) is 2.05. The summed E-state index contributed by atoms with van der Waals surface area (Å²) in [7, 11) is 0. The van der Waals surface area contributed by atoms with Crippen molar-refractivity contribution in [3.05, 3.63) is 0 Å². The second-order valence-corrected chi connectivity index (χ2v) is 3.62. The molecule has 1 unspecified atom stereocenters. The highest BCUT2D eigenvalue weighted by molar-refractivity contribution is 7.81. The molecule has 0 bridgehead atoms. The molecule has 0 amide bonds. The molecule has 0 N–H and O–H groups in total. The lowest BCUT2D eigenvalue weighted by atomic mass is 10.3. The zero-order valence-electron chi connectivity index (χ0n) is 8.99. The van der Waals surface area contributed by atoms with Crippen molar-refractivity contribution >= 4 is 18.6 Å². The van der Waals surface area contributed by atoms with Gasteiger partial charge in [0.25, 0.3) is 0 Å². The third-order valence-electron chi connectivity index (χ3n) is 1.79. The van der Waals surface area contributed by atoms with E-state index >= 15 is 0 Å². The first-order chi connectivity index (χ1) is 6.72. The molecule has 14 heavy (non-hydrogen) atoms. The van der Waals surface area contributed by atoms with Crippen LogP contribution in [0.25, 0.3) is 0 Å². The fraction of sp³-hybridized carbons (Fsp3) is 0.900. The monoisotopic (exact) mass is 220 g/mol. The minimum atomic E-state index is -0.276. The van der Waals surface area contributed by atoms with Gasteiger partial charge in [0.05, 0.1) is 11.9 Å². The standard InChI is InChI=1S/C10H20O3S/c1-3-9(14)10(11)13-8-6-5-7-12-4-2/h9,14H,3-8H2,1-2H3. The van der Waals surface area contributed by atoms with Gasteiger partial charge in [-0.05, 0) is 26.2 Å². The lowest BCUT2D eigenvalue weighted by Gasteiger charge is -2.08. The number of carbonyl (C=O) groups is 1. The molecule has 3 nitrogen and oxygen atoms in total. The van der Waals surface area contributed by atoms with E-state index in [9.17, 15) is 4.79 Å². The van der Waals surface area contributed by atoms with E-state index in [2.05, 4.69) is 12.6 Å². The Morgan fingerprint density at radius 1 is 1.29 bits per heavy atom. The Morgan fingerprint density at radius 3 is 2.50 bits per heavy atom. The Labute approximate surface area is 91.6 Å². The van der Waals surface area contributed by atoms with Crippen LogP contribution in [-0.2, 0) is 14.3 Å². The van der Waals surface area contributed by atoms with Crippen molar-refractivity contribution in [2.75, 3.05) is 19.8 Å². The van der Waals surface area contributed by atoms with Crippen LogP contribution in [0.15, 0.2) is 0 Å². The summed E-state index contributed by atoms with van der Waals surface area (Å²) >= 11 is 4.08. The molecule has 0 aliphatic rings. The van der Waals surface area contributed by atoms with Crippen LogP contribution in [0.1, 0.15) is 33.1 Å². The summed E-state index contributed by atoms with van der Waals surface area (Å²) in [4.78, 5) is 11.1. The molecule has 1 atom stereocenters. The van der Waals surface area contributed by atoms with E-state index in [0.717, 1.165) is 26.1 Å². The van der Waals surface area contributed by atoms with E-state index in [0.29, 0.717) is 13.0 Å². The first kappa shape index (κ1) is 13.8. The molecule has 0 fully saturated rings. The van der Waals surface area contributed by atoms with Crippen LogP contribution in [0.5, 0.6) is 0 Å². The third-order valence-corrected chi connectivity index (χ3v) is 2.37. The van der Waals surface area contributed by atoms with Crippen LogP contribution < -0.4 is 0 Å². The molecule has 0 radical (unpaired) electrons. The number of hydrogen-bond donors (Lipinski definition) is 1. The number of hydrogen-bond acceptors (Lipinski definition) is 4. The van der Waals surface area contributed by atoms with E-state index in [1.54, 1.807) is 0 Å². The van der Waals surface area contributed by atoms with E-state index in [1.165, 1.54) is 0 Å². The minimum absolute atomic E-state index is 0.216. The maximum Gasteiger partial charge on any atom is 0.318 e. The Balaban J connectivity index is 3.23. The highest BCUT2D eigenvalue weighted by Crippen LogP contribution is 2.03. The van der Waals surface area contributed by atoms with Crippen LogP contribution in [0, 0.1) is 0 Å². The van der Waals surface area contributed by atoms with Gasteiger partial charge in [-0.1, -0.05) is 6.92 Å². The van der Waals surface area contributed by atoms with Gasteiger partial charge in [0, 0.05) is 13.2 Å². The van der Waals surface area contributed by atoms with Crippen LogP contribution in [0.4, 0.5) is 0 Å². The number of unbranched alkanes of at least 4 members (excludes halogenated alkanes) is 1. The zero-order valence-corrected chi connectivity index (χ0v) is 9.89. The Hall–Kier alpha value is -0.220. The topological polar surface area (TPSA) is 35.5 Å². The fourth-order valence-corrected chi connectivity index (χ4v) is 0.961. The Bertz CT molecular complexity index is 150. The van der Waals surface area contributed by atoms with Gasteiger partial charge >= 0.3 is 5.97 Å². The third kappa shape index (κ3) is 7.21. The molecule has 84 valence electrons. The van der Waals surface area contributed by atoms with Crippen molar-refractivity contribution in [1.82, 2.24) is 0 Å². The first-order valence-corrected chi connectivity index (χ1v) is 5.66. The van der Waals surface area contributed by atoms with Crippen molar-refractivity contribution in [1.29, 1.82) is 0 Å². The molecular formula is C10H20O3S. The summed E-state index contributed by atoms with van der Waals surface area (Å²) < 4.78 is 10.2. The second-order valence-electron chi connectivity index (χ2n) is 3.00. The van der Waals surface area contributed by atoms with Crippen LogP contribution >= 0.6 is 12.6 Å². The lowest BCUT2D eigenvalue weighted by molar-refractivity contribution is -0.143. The number of carbonyl (C=O) groups excluding carboxylic acids is 1. The van der Waals surface area contributed by atoms with E-state index in [-0.39, 0.29) is 11.2 Å². The summed E-state index contributed by atoms with van der Waals surface area (Å²) in [5.41, 5.74) is 0. The summed E-state index contributed by atoms with van der Waals surface area (Å²) in [5, 5.41) is -0.276. The van der Waals surface area contributed by atoms with Crippen molar-refractivity contribution in [3.8, 4) is 0 Å². The molecule has 0 aromatic rings. The van der Waals surface area contributed by atoms with Gasteiger partial charge < -0.3 is 9.47 Å². The predicted molar refractivity (Wildman–Crippen MR) is 59.8 cm³/mol. The smallest absolute Gasteiger partial charge is 0.318 e. The van der Waals surface area contributed by atoms with Gasteiger partial charge in [-0.25, -0.2) is 0 Å². The molecule has 0 aliphatic heterocycles. The van der Waals surface area contributed by atoms with Gasteiger partial charge in [0.2, 0.25) is 0 Å². The summed E-state index contributed by atoms with van der Waals surface area (Å²) in [6.07, 6.45) is 2.50. The molecule has 0 spiro atoms. The molecule has 0 aromatic carbocycles. The van der Waals surface area contributed by atoms with E-state index in [4.69, 9.17) is 9.47 Å². The highest BCUT2D eigenvalue weighted by atomic mass is 32.1. The molecule has 0 saturated heterocycles. The second kappa shape index (κ2) is 9.34. The fourth-order valence-electron chi connectivity index (χ4n) is 0.886. The highest BCUT2D eigenvalue weighted by Gasteiger charge is 2.11. The molecule has 0 rings (SSSR count). The largest absolute Gasteiger partial charge is 0.465 e. The van der Waals surface area contributed by atoms with Crippen molar-refractivity contribution < 1.29 is 14.3 Å². The average molecular weight is 220 g/mol. The number of thiol groups is 1. The normalized spacial score (nSPS) is 12.5. The lowest BCUT2D eigenvalue weighted by Crippen LogP contribution is -2.17. The minimum Gasteiger partial charge on any atom is -0.465 e. The number of ether oxygens (including phenoxy) is 2. The quantitative estimate of drug-likeness (QED) is 0.386. The summed E-state index contributed by atoms with van der Waals surface area (Å²) in [5.74, 6) is -0.216. The summed E-state index contributed by atoms with van der Waals surface area (Å²) in [6.45, 7) is 5.84. The van der Waals surface area contributed by atoms with Gasteiger partial charge in [-0.3, -0.25) is 4.79 Å². The number of esters is 1. The molecular weight excluding hydrogens is 200 g/mol. The van der Waals surface area contributed by atoms with Crippen LogP contribution in [-0.4, -0.2) is 31.0 Å². The first-order valence-electron chi connectivity index (χ1n) is 5.14. The van der Waals surface area contributed by atoms with Gasteiger partial charge in [0.1, 0.15) is 0 Å². The maximum absolute atomic E-state index is 11.1. The van der Waals surface area contributed by atoms with Crippen LogP contribution in [0.2, 0.25) is 0 Å². The van der Waals surface area contributed by atoms with E-state index in [1.807, 2.05) is 13.8 Å². The van der Waals surface area contributed by atoms with Crippen molar-refractivity contribution in [2.45, 2.75) is 38.4 Å². The SMILES string of the molecule is CCOCCCCOC(=O)C(S)CC. The van der Waals surface area contributed by atoms with Gasteiger partial charge in [0.15, 0.2) is 0 Å². The Morgan fingerprint density at radius 2 is 1.93 bits per heavy atom. The van der Waals surface area contributed by atoms with Crippen LogP contribution in [0.3, 0.4) is 0 Å². The molecule has 0 saturated carbocycles.